The molecule has 9 unspecified atom stereocenters. The van der Waals surface area contributed by atoms with Gasteiger partial charge in [0.1, 0.15) is 68.8 Å². The lowest BCUT2D eigenvalue weighted by atomic mass is 9.73. The lowest BCUT2D eigenvalue weighted by Gasteiger charge is -2.52. The third-order valence-electron chi connectivity index (χ3n) is 13.3. The first kappa shape index (κ1) is 51.9. The molecule has 3 aliphatic heterocycles. The van der Waals surface area contributed by atoms with Gasteiger partial charge in [-0.2, -0.15) is 0 Å². The van der Waals surface area contributed by atoms with E-state index in [2.05, 4.69) is 0 Å². The molecule has 24 heteroatoms. The van der Waals surface area contributed by atoms with Crippen LogP contribution in [0.3, 0.4) is 0 Å². The van der Waals surface area contributed by atoms with Gasteiger partial charge in [-0.05, 0) is 69.6 Å². The van der Waals surface area contributed by atoms with Gasteiger partial charge in [0, 0.05) is 18.4 Å². The number of hydrogen-bond acceptors (Lipinski definition) is 22. The first-order valence-electron chi connectivity index (χ1n) is 22.3. The fourth-order valence-corrected chi connectivity index (χ4v) is 9.75. The zero-order valence-electron chi connectivity index (χ0n) is 35.9. The molecule has 0 aromatic rings. The standard InChI is InChI=1S/C42H62O24/c43-19-5-3-18(4-6-19)39-26(63-41-37(57)35(55)34(54)27(64-41)15-59-31(51)8-2-17-1-7-22(45)23(46)9-17)12-21-24(61-39)10-20(44)11-25(21)62-42-38(58)36(56)40(66-33(53)14-30(49)50)28(65-42)16-60-32(52)13-29(47)48/h2,8,17-28,34-46,54-58H,1,3-7,9-16H2,(H,47,48)(H,49,50)/t17?,18?,19?,20?,21?,22?,23?,24?,25?,26?,27-,28-,34-,35+,36-,37-,38-,39?,40-,41-,42-/m1/s1. The van der Waals surface area contributed by atoms with E-state index in [9.17, 15) is 69.9 Å². The van der Waals surface area contributed by atoms with E-state index in [4.69, 9.17) is 48.1 Å². The predicted octanol–water partition coefficient (Wildman–Crippen LogP) is -3.48. The molecule has 11 N–H and O–H groups in total. The minimum atomic E-state index is -2.03. The summed E-state index contributed by atoms with van der Waals surface area (Å²) in [5.74, 6) is -7.60. The van der Waals surface area contributed by atoms with Crippen molar-refractivity contribution in [3.05, 3.63) is 12.2 Å². The monoisotopic (exact) mass is 950 g/mol. The van der Waals surface area contributed by atoms with Crippen molar-refractivity contribution in [1.29, 1.82) is 0 Å². The molecule has 3 aliphatic carbocycles. The third-order valence-corrected chi connectivity index (χ3v) is 13.3. The molecule has 6 fully saturated rings. The third kappa shape index (κ3) is 13.4. The summed E-state index contributed by atoms with van der Waals surface area (Å²) in [6, 6.07) is 0. The average Bonchev–Trinajstić information content (AvgIpc) is 3.25. The Kier molecular flexibility index (Phi) is 18.3. The average molecular weight is 951 g/mol. The quantitative estimate of drug-likeness (QED) is 0.0310. The second-order valence-corrected chi connectivity index (χ2v) is 18.1. The summed E-state index contributed by atoms with van der Waals surface area (Å²) < 4.78 is 46.5. The Morgan fingerprint density at radius 1 is 0.561 bits per heavy atom. The number of aliphatic hydroxyl groups is 9. The van der Waals surface area contributed by atoms with Crippen molar-refractivity contribution in [3.63, 3.8) is 0 Å². The topological polar surface area (TPSA) is 382 Å². The number of aliphatic carboxylic acids is 2. The van der Waals surface area contributed by atoms with Crippen molar-refractivity contribution in [2.45, 2.75) is 187 Å². The molecule has 374 valence electrons. The van der Waals surface area contributed by atoms with Crippen LogP contribution in [-0.4, -0.2) is 209 Å². The molecule has 0 radical (unpaired) electrons. The molecule has 0 amide bonds. The summed E-state index contributed by atoms with van der Waals surface area (Å²) in [5, 5.41) is 114. The van der Waals surface area contributed by atoms with E-state index >= 15 is 0 Å². The fourth-order valence-electron chi connectivity index (χ4n) is 9.75. The predicted molar refractivity (Wildman–Crippen MR) is 212 cm³/mol. The van der Waals surface area contributed by atoms with Crippen LogP contribution in [0.15, 0.2) is 12.2 Å². The van der Waals surface area contributed by atoms with Gasteiger partial charge in [0.2, 0.25) is 0 Å². The number of allylic oxidation sites excluding steroid dienone is 1. The van der Waals surface area contributed by atoms with Gasteiger partial charge in [-0.15, -0.1) is 0 Å². The Morgan fingerprint density at radius 2 is 1.18 bits per heavy atom. The highest BCUT2D eigenvalue weighted by Crippen LogP contribution is 2.45. The van der Waals surface area contributed by atoms with Crippen LogP contribution < -0.4 is 0 Å². The molecule has 66 heavy (non-hydrogen) atoms. The molecule has 19 atom stereocenters. The van der Waals surface area contributed by atoms with Crippen molar-refractivity contribution in [2.24, 2.45) is 17.8 Å². The number of carboxylic acids is 2. The van der Waals surface area contributed by atoms with E-state index < -0.39 is 172 Å². The van der Waals surface area contributed by atoms with Gasteiger partial charge in [-0.3, -0.25) is 19.2 Å². The molecule has 0 aromatic heterocycles. The molecule has 24 nitrogen and oxygen atoms in total. The second kappa shape index (κ2) is 23.2. The summed E-state index contributed by atoms with van der Waals surface area (Å²) in [6.07, 6.45) is -20.9. The van der Waals surface area contributed by atoms with Gasteiger partial charge >= 0.3 is 29.8 Å². The number of fused-ring (bicyclic) bond motifs is 1. The highest BCUT2D eigenvalue weighted by Gasteiger charge is 2.54. The summed E-state index contributed by atoms with van der Waals surface area (Å²) in [4.78, 5) is 59.3. The van der Waals surface area contributed by atoms with E-state index in [1.54, 1.807) is 6.08 Å². The van der Waals surface area contributed by atoms with E-state index in [0.717, 1.165) is 6.08 Å². The number of ether oxygens (including phenoxy) is 8. The van der Waals surface area contributed by atoms with E-state index in [0.29, 0.717) is 38.5 Å². The van der Waals surface area contributed by atoms with E-state index in [1.165, 1.54) is 0 Å². The van der Waals surface area contributed by atoms with Crippen LogP contribution in [0.25, 0.3) is 0 Å². The van der Waals surface area contributed by atoms with Crippen LogP contribution >= 0.6 is 0 Å². The largest absolute Gasteiger partial charge is 0.481 e. The van der Waals surface area contributed by atoms with Gasteiger partial charge in [0.05, 0.1) is 48.8 Å². The normalized spacial score (nSPS) is 43.0. The van der Waals surface area contributed by atoms with Crippen molar-refractivity contribution in [3.8, 4) is 0 Å². The minimum Gasteiger partial charge on any atom is -0.481 e. The van der Waals surface area contributed by atoms with Gasteiger partial charge in [0.15, 0.2) is 18.7 Å². The van der Waals surface area contributed by atoms with E-state index in [-0.39, 0.29) is 37.5 Å². The first-order chi connectivity index (χ1) is 31.3. The number of carbonyl (C=O) groups excluding carboxylic acids is 3. The number of esters is 3. The van der Waals surface area contributed by atoms with Gasteiger partial charge < -0.3 is 94.1 Å². The highest BCUT2D eigenvalue weighted by molar-refractivity contribution is 5.90. The molecule has 6 rings (SSSR count). The molecule has 6 aliphatic rings. The zero-order chi connectivity index (χ0) is 48.0. The smallest absolute Gasteiger partial charge is 0.330 e. The summed E-state index contributed by atoms with van der Waals surface area (Å²) >= 11 is 0. The van der Waals surface area contributed by atoms with Crippen LogP contribution in [-0.2, 0) is 61.9 Å². The number of hydrogen-bond donors (Lipinski definition) is 11. The van der Waals surface area contributed by atoms with Crippen molar-refractivity contribution >= 4 is 29.8 Å². The van der Waals surface area contributed by atoms with Crippen molar-refractivity contribution < 1.29 is 118 Å². The van der Waals surface area contributed by atoms with Crippen molar-refractivity contribution in [1.82, 2.24) is 0 Å². The number of aliphatic hydroxyl groups excluding tert-OH is 9. The van der Waals surface area contributed by atoms with E-state index in [1.807, 2.05) is 0 Å². The zero-order valence-corrected chi connectivity index (χ0v) is 35.9. The minimum absolute atomic E-state index is 0.0609. The fraction of sp³-hybridized carbons (Fsp3) is 0.833. The van der Waals surface area contributed by atoms with Crippen LogP contribution in [0, 0.1) is 17.8 Å². The Bertz CT molecular complexity index is 1690. The summed E-state index contributed by atoms with van der Waals surface area (Å²) in [5.41, 5.74) is 0. The maximum Gasteiger partial charge on any atom is 0.330 e. The number of rotatable bonds is 16. The molecule has 3 saturated heterocycles. The van der Waals surface area contributed by atoms with Gasteiger partial charge in [-0.25, -0.2) is 4.79 Å². The second-order valence-electron chi connectivity index (χ2n) is 18.1. The summed E-state index contributed by atoms with van der Waals surface area (Å²) in [6.45, 7) is -1.41. The van der Waals surface area contributed by atoms with Gasteiger partial charge in [0.25, 0.3) is 0 Å². The molecule has 3 heterocycles. The molecule has 3 saturated carbocycles. The SMILES string of the molecule is O=C(O)CC(=O)OC[C@H]1O[C@@H](OC2CC(O)CC3OC(C4CCC(O)CC4)C(O[C@@H]4O[C@H](COC(=O)C=CC5CCC(O)C(O)C5)[C@@H](O)[C@H](O)[C@H]4O)CC32)[C@H](O)[C@@H](O)[C@@H]1OC(=O)CC(=O)O. The Morgan fingerprint density at radius 3 is 1.85 bits per heavy atom. The lowest BCUT2D eigenvalue weighted by Crippen LogP contribution is -2.63. The highest BCUT2D eigenvalue weighted by atomic mass is 16.7. The van der Waals surface area contributed by atoms with Crippen LogP contribution in [0.2, 0.25) is 0 Å². The number of carboxylic acid groups (broad SMARTS) is 2. The van der Waals surface area contributed by atoms with Crippen LogP contribution in [0.1, 0.15) is 77.0 Å². The Labute approximate surface area is 377 Å². The maximum absolute atomic E-state index is 12.7. The maximum atomic E-state index is 12.7. The molecular formula is C42H62O24. The molecule has 0 spiro atoms. The molecular weight excluding hydrogens is 888 g/mol. The van der Waals surface area contributed by atoms with Crippen LogP contribution in [0.4, 0.5) is 0 Å². The van der Waals surface area contributed by atoms with Gasteiger partial charge in [-0.1, -0.05) is 6.08 Å². The van der Waals surface area contributed by atoms with Crippen LogP contribution in [0.5, 0.6) is 0 Å². The molecule has 0 bridgehead atoms. The first-order valence-corrected chi connectivity index (χ1v) is 22.3. The lowest BCUT2D eigenvalue weighted by molar-refractivity contribution is -0.344. The Balaban J connectivity index is 1.17. The Hall–Kier alpha value is -3.47. The number of carbonyl (C=O) groups is 5. The molecule has 0 aromatic carbocycles. The summed E-state index contributed by atoms with van der Waals surface area (Å²) in [7, 11) is 0. The van der Waals surface area contributed by atoms with Crippen molar-refractivity contribution in [2.75, 3.05) is 13.2 Å².